The third kappa shape index (κ3) is 6.16. The first-order valence-corrected chi connectivity index (χ1v) is 12.6. The molecule has 0 saturated heterocycles. The molecule has 0 aliphatic heterocycles. The van der Waals surface area contributed by atoms with Crippen molar-refractivity contribution in [3.8, 4) is 17.5 Å². The Morgan fingerprint density at radius 3 is 2.05 bits per heavy atom. The summed E-state index contributed by atoms with van der Waals surface area (Å²) in [6.45, 7) is 3.46. The number of rotatable bonds is 8. The highest BCUT2D eigenvalue weighted by Crippen LogP contribution is 2.26. The molecule has 2 aromatic carbocycles. The van der Waals surface area contributed by atoms with E-state index in [1.54, 1.807) is 67.1 Å². The Bertz CT molecular complexity index is 1730. The molecule has 0 radical (unpaired) electrons. The molecule has 0 N–H and O–H groups in total. The quantitative estimate of drug-likeness (QED) is 0.0945. The van der Waals surface area contributed by atoms with Crippen molar-refractivity contribution in [3.63, 3.8) is 0 Å². The van der Waals surface area contributed by atoms with Gasteiger partial charge in [0.2, 0.25) is 5.78 Å². The van der Waals surface area contributed by atoms with Crippen LogP contribution < -0.4 is 4.74 Å². The number of hydrogen-bond acceptors (Lipinski definition) is 9. The molecular formula is C32H25N3O7. The zero-order valence-electron chi connectivity index (χ0n) is 23.2. The van der Waals surface area contributed by atoms with E-state index in [0.29, 0.717) is 28.2 Å². The summed E-state index contributed by atoms with van der Waals surface area (Å²) in [5.41, 5.74) is 2.81. The van der Waals surface area contributed by atoms with Gasteiger partial charge in [-0.05, 0) is 74.0 Å². The first-order valence-electron chi connectivity index (χ1n) is 12.6. The van der Waals surface area contributed by atoms with Crippen LogP contribution in [0.5, 0.6) is 5.75 Å². The third-order valence-corrected chi connectivity index (χ3v) is 6.36. The molecule has 0 spiro atoms. The molecule has 10 heteroatoms. The highest BCUT2D eigenvalue weighted by Gasteiger charge is 2.22. The van der Waals surface area contributed by atoms with E-state index in [1.807, 2.05) is 6.07 Å². The number of Topliss-reactive ketones (excluding diaryl/α,β-unsaturated/α-hetero) is 1. The molecule has 0 atom stereocenters. The van der Waals surface area contributed by atoms with Gasteiger partial charge in [-0.1, -0.05) is 12.1 Å². The molecule has 4 rings (SSSR count). The van der Waals surface area contributed by atoms with Crippen LogP contribution in [0.3, 0.4) is 0 Å². The monoisotopic (exact) mass is 563 g/mol. The number of ketones is 1. The summed E-state index contributed by atoms with van der Waals surface area (Å²) in [5.74, 6) is -2.08. The van der Waals surface area contributed by atoms with Gasteiger partial charge in [0.05, 0.1) is 30.9 Å². The highest BCUT2D eigenvalue weighted by molar-refractivity contribution is 6.15. The zero-order chi connectivity index (χ0) is 30.4. The molecule has 42 heavy (non-hydrogen) atoms. The number of allylic oxidation sites excluding steroid dienone is 1. The van der Waals surface area contributed by atoms with Gasteiger partial charge in [-0.3, -0.25) is 9.78 Å². The van der Waals surface area contributed by atoms with Gasteiger partial charge < -0.3 is 18.8 Å². The van der Waals surface area contributed by atoms with E-state index >= 15 is 0 Å². The van der Waals surface area contributed by atoms with Crippen molar-refractivity contribution in [1.82, 2.24) is 9.55 Å². The summed E-state index contributed by atoms with van der Waals surface area (Å²) in [4.78, 5) is 54.2. The van der Waals surface area contributed by atoms with E-state index in [9.17, 15) is 24.4 Å². The van der Waals surface area contributed by atoms with Gasteiger partial charge in [-0.25, -0.2) is 14.4 Å². The standard InChI is InChI=1S/C32H25N3O7/c1-19-12-28(20(2)35(19)26-15-23(30(37)40-3)14-24(16-26)31(38)41-4)29(36)25(17-33)13-21-7-9-27(10-8-21)42-32(39)22-6-5-11-34-18-22/h5-16,18H,1-4H3. The molecule has 0 aliphatic rings. The minimum Gasteiger partial charge on any atom is -0.465 e. The van der Waals surface area contributed by atoms with Crippen molar-refractivity contribution < 1.29 is 33.4 Å². The number of methoxy groups -OCH3 is 2. The number of carbonyl (C=O) groups excluding carboxylic acids is 4. The van der Waals surface area contributed by atoms with E-state index in [0.717, 1.165) is 0 Å². The molecule has 0 aliphatic carbocycles. The zero-order valence-corrected chi connectivity index (χ0v) is 23.2. The van der Waals surface area contributed by atoms with Gasteiger partial charge >= 0.3 is 17.9 Å². The second-order valence-corrected chi connectivity index (χ2v) is 9.07. The van der Waals surface area contributed by atoms with Crippen LogP contribution in [0.15, 0.2) is 78.6 Å². The Morgan fingerprint density at radius 2 is 1.50 bits per heavy atom. The Labute approximate surface area is 241 Å². The lowest BCUT2D eigenvalue weighted by Gasteiger charge is -2.13. The molecule has 10 nitrogen and oxygen atoms in total. The van der Waals surface area contributed by atoms with Crippen LogP contribution in [0, 0.1) is 25.2 Å². The summed E-state index contributed by atoms with van der Waals surface area (Å²) in [6.07, 6.45) is 4.39. The number of ether oxygens (including phenoxy) is 3. The number of nitriles is 1. The Kier molecular flexibility index (Phi) is 8.73. The molecule has 0 amide bonds. The van der Waals surface area contributed by atoms with Crippen LogP contribution in [-0.4, -0.2) is 47.5 Å². The molecule has 0 saturated carbocycles. The number of aromatic nitrogens is 2. The maximum absolute atomic E-state index is 13.5. The van der Waals surface area contributed by atoms with Crippen LogP contribution >= 0.6 is 0 Å². The van der Waals surface area contributed by atoms with E-state index in [-0.39, 0.29) is 28.0 Å². The van der Waals surface area contributed by atoms with Gasteiger partial charge in [-0.2, -0.15) is 5.26 Å². The van der Waals surface area contributed by atoms with Crippen molar-refractivity contribution in [3.05, 3.63) is 118 Å². The van der Waals surface area contributed by atoms with Crippen molar-refractivity contribution >= 4 is 29.8 Å². The predicted molar refractivity (Wildman–Crippen MR) is 151 cm³/mol. The number of esters is 3. The summed E-state index contributed by atoms with van der Waals surface area (Å²) >= 11 is 0. The van der Waals surface area contributed by atoms with Crippen molar-refractivity contribution in [1.29, 1.82) is 5.26 Å². The van der Waals surface area contributed by atoms with Gasteiger partial charge in [0, 0.05) is 35.0 Å². The Hall–Kier alpha value is -5.82. The van der Waals surface area contributed by atoms with Crippen molar-refractivity contribution in [2.75, 3.05) is 14.2 Å². The number of aryl methyl sites for hydroxylation is 1. The molecule has 4 aromatic rings. The van der Waals surface area contributed by atoms with Gasteiger partial charge in [-0.15, -0.1) is 0 Å². The normalized spacial score (nSPS) is 10.9. The first kappa shape index (κ1) is 29.2. The van der Waals surface area contributed by atoms with Crippen molar-refractivity contribution in [2.24, 2.45) is 0 Å². The van der Waals surface area contributed by atoms with Crippen molar-refractivity contribution in [2.45, 2.75) is 13.8 Å². The lowest BCUT2D eigenvalue weighted by molar-refractivity contribution is 0.0597. The second kappa shape index (κ2) is 12.6. The SMILES string of the molecule is COC(=O)c1cc(C(=O)OC)cc(-n2c(C)cc(C(=O)C(C#N)=Cc3ccc(OC(=O)c4cccnc4)cc3)c2C)c1. The largest absolute Gasteiger partial charge is 0.465 e. The number of nitrogens with zero attached hydrogens (tertiary/aromatic N) is 3. The second-order valence-electron chi connectivity index (χ2n) is 9.07. The summed E-state index contributed by atoms with van der Waals surface area (Å²) < 4.78 is 16.7. The van der Waals surface area contributed by atoms with Crippen LogP contribution in [0.25, 0.3) is 11.8 Å². The van der Waals surface area contributed by atoms with Crippen LogP contribution in [0.1, 0.15) is 58.4 Å². The summed E-state index contributed by atoms with van der Waals surface area (Å²) in [6, 6.07) is 17.6. The number of pyridine rings is 1. The predicted octanol–water partition coefficient (Wildman–Crippen LogP) is 5.07. The van der Waals surface area contributed by atoms with Gasteiger partial charge in [0.25, 0.3) is 0 Å². The molecule has 0 fully saturated rings. The molecular weight excluding hydrogens is 538 g/mol. The van der Waals surface area contributed by atoms with Crippen LogP contribution in [0.2, 0.25) is 0 Å². The topological polar surface area (TPSA) is 138 Å². The number of benzene rings is 2. The maximum Gasteiger partial charge on any atom is 0.345 e. The number of hydrogen-bond donors (Lipinski definition) is 0. The smallest absolute Gasteiger partial charge is 0.345 e. The van der Waals surface area contributed by atoms with Gasteiger partial charge in [0.1, 0.15) is 17.4 Å². The van der Waals surface area contributed by atoms with E-state index in [1.165, 1.54) is 44.7 Å². The molecule has 0 unspecified atom stereocenters. The van der Waals surface area contributed by atoms with Crippen LogP contribution in [0.4, 0.5) is 0 Å². The minimum absolute atomic E-state index is 0.117. The Morgan fingerprint density at radius 1 is 0.857 bits per heavy atom. The summed E-state index contributed by atoms with van der Waals surface area (Å²) in [7, 11) is 2.46. The fourth-order valence-electron chi connectivity index (χ4n) is 4.34. The molecule has 210 valence electrons. The number of carbonyl (C=O) groups is 4. The van der Waals surface area contributed by atoms with E-state index < -0.39 is 23.7 Å². The van der Waals surface area contributed by atoms with E-state index in [4.69, 9.17) is 14.2 Å². The lowest BCUT2D eigenvalue weighted by Crippen LogP contribution is -2.10. The molecule has 2 heterocycles. The maximum atomic E-state index is 13.5. The average molecular weight is 564 g/mol. The fraction of sp³-hybridized carbons (Fsp3) is 0.125. The van der Waals surface area contributed by atoms with Gasteiger partial charge in [0.15, 0.2) is 0 Å². The van der Waals surface area contributed by atoms with Crippen LogP contribution in [-0.2, 0) is 9.47 Å². The molecule has 2 aromatic heterocycles. The third-order valence-electron chi connectivity index (χ3n) is 6.36. The Balaban J connectivity index is 1.63. The van der Waals surface area contributed by atoms with E-state index in [2.05, 4.69) is 4.98 Å². The highest BCUT2D eigenvalue weighted by atomic mass is 16.5. The molecule has 0 bridgehead atoms. The fourth-order valence-corrected chi connectivity index (χ4v) is 4.34. The summed E-state index contributed by atoms with van der Waals surface area (Å²) in [5, 5.41) is 9.83. The lowest BCUT2D eigenvalue weighted by atomic mass is 10.0. The first-order chi connectivity index (χ1) is 20.2. The average Bonchev–Trinajstić information content (AvgIpc) is 3.32. The minimum atomic E-state index is -0.645.